The fourth-order valence-electron chi connectivity index (χ4n) is 2.14. The van der Waals surface area contributed by atoms with E-state index in [4.69, 9.17) is 15.2 Å². The van der Waals surface area contributed by atoms with Gasteiger partial charge in [-0.25, -0.2) is 0 Å². The third-order valence-electron chi connectivity index (χ3n) is 3.08. The fraction of sp³-hybridized carbons (Fsp3) is 0.643. The molecule has 2 N–H and O–H groups in total. The highest BCUT2D eigenvalue weighted by Crippen LogP contribution is 2.20. The monoisotopic (exact) mass is 250 g/mol. The lowest BCUT2D eigenvalue weighted by Gasteiger charge is -2.12. The van der Waals surface area contributed by atoms with Gasteiger partial charge in [0.05, 0.1) is 18.4 Å². The van der Waals surface area contributed by atoms with Crippen LogP contribution in [0.15, 0.2) is 18.3 Å². The maximum Gasteiger partial charge on any atom is 0.137 e. The van der Waals surface area contributed by atoms with E-state index in [1.54, 1.807) is 6.20 Å². The van der Waals surface area contributed by atoms with Crippen LogP contribution in [0.5, 0.6) is 5.75 Å². The molecule has 1 fully saturated rings. The van der Waals surface area contributed by atoms with Crippen LogP contribution in [0.25, 0.3) is 0 Å². The lowest BCUT2D eigenvalue weighted by atomic mass is 10.2. The van der Waals surface area contributed by atoms with Crippen molar-refractivity contribution in [1.82, 2.24) is 4.98 Å². The summed E-state index contributed by atoms with van der Waals surface area (Å²) in [7, 11) is 0. The van der Waals surface area contributed by atoms with Crippen LogP contribution in [0, 0.1) is 0 Å². The molecule has 18 heavy (non-hydrogen) atoms. The summed E-state index contributed by atoms with van der Waals surface area (Å²) < 4.78 is 11.4. The van der Waals surface area contributed by atoms with Gasteiger partial charge in [0.1, 0.15) is 12.4 Å². The van der Waals surface area contributed by atoms with Crippen LogP contribution < -0.4 is 10.5 Å². The SMILES string of the molecule is CC(N)Cc1ccc(OCC2CCC(C)O2)cn1. The molecule has 2 heterocycles. The zero-order chi connectivity index (χ0) is 13.0. The van der Waals surface area contributed by atoms with Gasteiger partial charge in [0.2, 0.25) is 0 Å². The Morgan fingerprint density at radius 3 is 2.89 bits per heavy atom. The first-order valence-corrected chi connectivity index (χ1v) is 6.62. The fourth-order valence-corrected chi connectivity index (χ4v) is 2.14. The molecule has 4 nitrogen and oxygen atoms in total. The van der Waals surface area contributed by atoms with Gasteiger partial charge in [0.25, 0.3) is 0 Å². The number of nitrogens with two attached hydrogens (primary N) is 1. The van der Waals surface area contributed by atoms with E-state index >= 15 is 0 Å². The van der Waals surface area contributed by atoms with Crippen LogP contribution in [0.2, 0.25) is 0 Å². The number of hydrogen-bond donors (Lipinski definition) is 1. The summed E-state index contributed by atoms with van der Waals surface area (Å²) in [4.78, 5) is 4.33. The molecule has 4 heteroatoms. The molecule has 0 spiro atoms. The molecule has 1 aliphatic heterocycles. The van der Waals surface area contributed by atoms with E-state index in [1.165, 1.54) is 0 Å². The minimum atomic E-state index is 0.137. The highest BCUT2D eigenvalue weighted by Gasteiger charge is 2.22. The summed E-state index contributed by atoms with van der Waals surface area (Å²) in [5.74, 6) is 0.798. The van der Waals surface area contributed by atoms with Crippen molar-refractivity contribution < 1.29 is 9.47 Å². The van der Waals surface area contributed by atoms with E-state index in [9.17, 15) is 0 Å². The molecule has 0 aliphatic carbocycles. The molecule has 0 radical (unpaired) electrons. The molecule has 100 valence electrons. The van der Waals surface area contributed by atoms with Crippen molar-refractivity contribution in [3.8, 4) is 5.75 Å². The molecule has 0 bridgehead atoms. The Kier molecular flexibility index (Phi) is 4.55. The maximum absolute atomic E-state index is 5.73. The minimum absolute atomic E-state index is 0.137. The van der Waals surface area contributed by atoms with Gasteiger partial charge in [-0.15, -0.1) is 0 Å². The van der Waals surface area contributed by atoms with Crippen molar-refractivity contribution in [2.24, 2.45) is 5.73 Å². The number of pyridine rings is 1. The van der Waals surface area contributed by atoms with E-state index in [-0.39, 0.29) is 12.1 Å². The number of nitrogens with zero attached hydrogens (tertiary/aromatic N) is 1. The number of ether oxygens (including phenoxy) is 2. The highest BCUT2D eigenvalue weighted by atomic mass is 16.5. The topological polar surface area (TPSA) is 57.4 Å². The molecule has 1 saturated heterocycles. The van der Waals surface area contributed by atoms with Crippen LogP contribution in [0.1, 0.15) is 32.4 Å². The lowest BCUT2D eigenvalue weighted by Crippen LogP contribution is -2.19. The zero-order valence-electron chi connectivity index (χ0n) is 11.1. The predicted molar refractivity (Wildman–Crippen MR) is 70.7 cm³/mol. The van der Waals surface area contributed by atoms with E-state index < -0.39 is 0 Å². The Morgan fingerprint density at radius 1 is 1.50 bits per heavy atom. The van der Waals surface area contributed by atoms with Crippen LogP contribution in [0.4, 0.5) is 0 Å². The molecule has 1 aromatic heterocycles. The van der Waals surface area contributed by atoms with Gasteiger partial charge in [-0.1, -0.05) is 0 Å². The molecule has 0 saturated carbocycles. The third kappa shape index (κ3) is 3.96. The molecule has 2 rings (SSSR count). The third-order valence-corrected chi connectivity index (χ3v) is 3.08. The second kappa shape index (κ2) is 6.16. The second-order valence-electron chi connectivity index (χ2n) is 5.12. The van der Waals surface area contributed by atoms with E-state index in [1.807, 2.05) is 19.1 Å². The molecule has 0 aromatic carbocycles. The summed E-state index contributed by atoms with van der Waals surface area (Å²) in [5.41, 5.74) is 6.73. The van der Waals surface area contributed by atoms with E-state index in [2.05, 4.69) is 11.9 Å². The number of aromatic nitrogens is 1. The van der Waals surface area contributed by atoms with Gasteiger partial charge in [0, 0.05) is 18.2 Å². The van der Waals surface area contributed by atoms with Crippen LogP contribution >= 0.6 is 0 Å². The molecule has 1 aromatic rings. The van der Waals surface area contributed by atoms with Crippen molar-refractivity contribution in [3.05, 3.63) is 24.0 Å². The van der Waals surface area contributed by atoms with Gasteiger partial charge >= 0.3 is 0 Å². The van der Waals surface area contributed by atoms with Crippen LogP contribution in [-0.2, 0) is 11.2 Å². The molecule has 0 amide bonds. The standard InChI is InChI=1S/C14H22N2O2/c1-10(15)7-12-4-6-13(8-16-12)17-9-14-5-3-11(2)18-14/h4,6,8,10-11,14H,3,5,7,9,15H2,1-2H3. The minimum Gasteiger partial charge on any atom is -0.489 e. The number of hydrogen-bond acceptors (Lipinski definition) is 4. The van der Waals surface area contributed by atoms with E-state index in [0.717, 1.165) is 30.7 Å². The maximum atomic E-state index is 5.73. The molecular weight excluding hydrogens is 228 g/mol. The number of rotatable bonds is 5. The summed E-state index contributed by atoms with van der Waals surface area (Å²) in [6.07, 6.45) is 5.35. The predicted octanol–water partition coefficient (Wildman–Crippen LogP) is 1.92. The first-order chi connectivity index (χ1) is 8.63. The summed E-state index contributed by atoms with van der Waals surface area (Å²) >= 11 is 0. The Balaban J connectivity index is 1.79. The Morgan fingerprint density at radius 2 is 2.33 bits per heavy atom. The second-order valence-corrected chi connectivity index (χ2v) is 5.12. The van der Waals surface area contributed by atoms with Crippen molar-refractivity contribution >= 4 is 0 Å². The quantitative estimate of drug-likeness (QED) is 0.867. The van der Waals surface area contributed by atoms with Crippen molar-refractivity contribution in [1.29, 1.82) is 0 Å². The van der Waals surface area contributed by atoms with Crippen molar-refractivity contribution in [2.75, 3.05) is 6.61 Å². The first-order valence-electron chi connectivity index (χ1n) is 6.62. The smallest absolute Gasteiger partial charge is 0.137 e. The highest BCUT2D eigenvalue weighted by molar-refractivity contribution is 5.20. The average molecular weight is 250 g/mol. The van der Waals surface area contributed by atoms with Gasteiger partial charge in [-0.3, -0.25) is 4.98 Å². The molecule has 3 unspecified atom stereocenters. The van der Waals surface area contributed by atoms with Gasteiger partial charge < -0.3 is 15.2 Å². The zero-order valence-corrected chi connectivity index (χ0v) is 11.1. The summed E-state index contributed by atoms with van der Waals surface area (Å²) in [5, 5.41) is 0. The van der Waals surface area contributed by atoms with Crippen molar-refractivity contribution in [2.45, 2.75) is 51.4 Å². The van der Waals surface area contributed by atoms with E-state index in [0.29, 0.717) is 12.7 Å². The van der Waals surface area contributed by atoms with Crippen LogP contribution in [-0.4, -0.2) is 29.8 Å². The van der Waals surface area contributed by atoms with Gasteiger partial charge in [0.15, 0.2) is 0 Å². The van der Waals surface area contributed by atoms with Crippen molar-refractivity contribution in [3.63, 3.8) is 0 Å². The average Bonchev–Trinajstić information content (AvgIpc) is 2.74. The molecule has 1 aliphatic rings. The molecule has 3 atom stereocenters. The Hall–Kier alpha value is -1.13. The summed E-state index contributed by atoms with van der Waals surface area (Å²) in [6.45, 7) is 4.69. The molecular formula is C14H22N2O2. The summed E-state index contributed by atoms with van der Waals surface area (Å²) in [6, 6.07) is 4.05. The van der Waals surface area contributed by atoms with Gasteiger partial charge in [-0.05, 0) is 38.8 Å². The van der Waals surface area contributed by atoms with Crippen LogP contribution in [0.3, 0.4) is 0 Å². The Labute approximate surface area is 108 Å². The Bertz CT molecular complexity index is 365. The normalized spacial score (nSPS) is 25.1. The van der Waals surface area contributed by atoms with Gasteiger partial charge in [-0.2, -0.15) is 0 Å². The first kappa shape index (κ1) is 13.3. The lowest BCUT2D eigenvalue weighted by molar-refractivity contribution is 0.0264. The largest absolute Gasteiger partial charge is 0.489 e.